The summed E-state index contributed by atoms with van der Waals surface area (Å²) in [6.45, 7) is 5.28. The fourth-order valence-electron chi connectivity index (χ4n) is 2.08. The number of rotatable bonds is 8. The molecule has 1 rings (SSSR count). The highest BCUT2D eigenvalue weighted by Gasteiger charge is 2.15. The van der Waals surface area contributed by atoms with Crippen LogP contribution in [-0.4, -0.2) is 38.1 Å². The third-order valence-electron chi connectivity index (χ3n) is 3.17. The second-order valence-electron chi connectivity index (χ2n) is 5.04. The van der Waals surface area contributed by atoms with Crippen molar-refractivity contribution in [3.05, 3.63) is 29.8 Å². The van der Waals surface area contributed by atoms with Crippen molar-refractivity contribution < 1.29 is 9.53 Å². The maximum Gasteiger partial charge on any atom is 0.220 e. The van der Waals surface area contributed by atoms with Gasteiger partial charge in [0.05, 0.1) is 12.6 Å². The van der Waals surface area contributed by atoms with Crippen molar-refractivity contribution in [2.75, 3.05) is 27.2 Å². The van der Waals surface area contributed by atoms with Crippen LogP contribution >= 0.6 is 0 Å². The Balaban J connectivity index is 2.67. The second-order valence-corrected chi connectivity index (χ2v) is 5.04. The lowest BCUT2D eigenvalue weighted by atomic mass is 10.1. The number of likely N-dealkylation sites (N-methyl/N-ethyl adjacent to an activating group) is 1. The molecule has 20 heavy (non-hydrogen) atoms. The minimum atomic E-state index is 0.116. The molecule has 1 N–H and O–H groups in total. The van der Waals surface area contributed by atoms with Gasteiger partial charge in [0.15, 0.2) is 0 Å². The van der Waals surface area contributed by atoms with E-state index in [4.69, 9.17) is 4.74 Å². The maximum atomic E-state index is 11.6. The molecule has 4 heteroatoms. The van der Waals surface area contributed by atoms with E-state index in [-0.39, 0.29) is 11.9 Å². The number of hydrogen-bond donors (Lipinski definition) is 1. The predicted octanol–water partition coefficient (Wildman–Crippen LogP) is 2.60. The molecule has 112 valence electrons. The quantitative estimate of drug-likeness (QED) is 0.794. The highest BCUT2D eigenvalue weighted by atomic mass is 16.5. The van der Waals surface area contributed by atoms with Crippen molar-refractivity contribution in [1.82, 2.24) is 10.2 Å². The minimum Gasteiger partial charge on any atom is -0.494 e. The first-order valence-electron chi connectivity index (χ1n) is 7.24. The summed E-state index contributed by atoms with van der Waals surface area (Å²) in [5.74, 6) is 0.995. The number of nitrogens with one attached hydrogen (secondary N) is 1. The number of amides is 1. The normalized spacial score (nSPS) is 12.2. The van der Waals surface area contributed by atoms with Gasteiger partial charge in [0.2, 0.25) is 5.91 Å². The van der Waals surface area contributed by atoms with Gasteiger partial charge in [-0.2, -0.15) is 0 Å². The minimum absolute atomic E-state index is 0.116. The van der Waals surface area contributed by atoms with Crippen molar-refractivity contribution in [2.24, 2.45) is 0 Å². The van der Waals surface area contributed by atoms with E-state index in [2.05, 4.69) is 22.3 Å². The Morgan fingerprint density at radius 2 is 1.90 bits per heavy atom. The van der Waals surface area contributed by atoms with Gasteiger partial charge in [0.1, 0.15) is 5.75 Å². The molecule has 1 aromatic carbocycles. The highest BCUT2D eigenvalue weighted by Crippen LogP contribution is 2.20. The van der Waals surface area contributed by atoms with Gasteiger partial charge in [-0.3, -0.25) is 4.79 Å². The van der Waals surface area contributed by atoms with Crippen LogP contribution in [0.25, 0.3) is 0 Å². The molecule has 1 aromatic rings. The van der Waals surface area contributed by atoms with Crippen molar-refractivity contribution in [1.29, 1.82) is 0 Å². The first-order chi connectivity index (χ1) is 9.58. The first kappa shape index (κ1) is 16.5. The smallest absolute Gasteiger partial charge is 0.220 e. The van der Waals surface area contributed by atoms with Crippen LogP contribution in [0.3, 0.4) is 0 Å². The summed E-state index contributed by atoms with van der Waals surface area (Å²) in [5, 5.41) is 2.99. The largest absolute Gasteiger partial charge is 0.494 e. The van der Waals surface area contributed by atoms with Crippen LogP contribution in [0.5, 0.6) is 5.75 Å². The SMILES string of the molecule is CCCC(=O)NCC(c1ccc(OCC)cc1)N(C)C. The third-order valence-corrected chi connectivity index (χ3v) is 3.17. The van der Waals surface area contributed by atoms with Crippen LogP contribution in [0.15, 0.2) is 24.3 Å². The van der Waals surface area contributed by atoms with Crippen LogP contribution < -0.4 is 10.1 Å². The number of nitrogens with zero attached hydrogens (tertiary/aromatic N) is 1. The number of benzene rings is 1. The number of ether oxygens (including phenoxy) is 1. The van der Waals surface area contributed by atoms with E-state index in [0.29, 0.717) is 19.6 Å². The lowest BCUT2D eigenvalue weighted by Gasteiger charge is -2.25. The van der Waals surface area contributed by atoms with Gasteiger partial charge in [-0.1, -0.05) is 19.1 Å². The zero-order valence-electron chi connectivity index (χ0n) is 13.0. The van der Waals surface area contributed by atoms with E-state index in [1.807, 2.05) is 40.1 Å². The predicted molar refractivity (Wildman–Crippen MR) is 82.0 cm³/mol. The lowest BCUT2D eigenvalue weighted by Crippen LogP contribution is -2.34. The second kappa shape index (κ2) is 8.59. The van der Waals surface area contributed by atoms with E-state index in [9.17, 15) is 4.79 Å². The number of hydrogen-bond acceptors (Lipinski definition) is 3. The molecule has 0 bridgehead atoms. The van der Waals surface area contributed by atoms with E-state index in [1.54, 1.807) is 0 Å². The summed E-state index contributed by atoms with van der Waals surface area (Å²) in [6.07, 6.45) is 1.46. The maximum absolute atomic E-state index is 11.6. The molecule has 0 fully saturated rings. The summed E-state index contributed by atoms with van der Waals surface area (Å²) in [6, 6.07) is 8.24. The van der Waals surface area contributed by atoms with Gasteiger partial charge in [-0.15, -0.1) is 0 Å². The summed E-state index contributed by atoms with van der Waals surface area (Å²) >= 11 is 0. The Morgan fingerprint density at radius 3 is 2.40 bits per heavy atom. The fourth-order valence-corrected chi connectivity index (χ4v) is 2.08. The van der Waals surface area contributed by atoms with Gasteiger partial charge in [-0.05, 0) is 45.1 Å². The molecule has 0 saturated carbocycles. The summed E-state index contributed by atoms with van der Waals surface area (Å²) in [7, 11) is 4.04. The van der Waals surface area contributed by atoms with Crippen molar-refractivity contribution in [2.45, 2.75) is 32.7 Å². The number of carbonyl (C=O) groups is 1. The molecule has 0 heterocycles. The molecule has 0 aliphatic carbocycles. The van der Waals surface area contributed by atoms with Crippen molar-refractivity contribution >= 4 is 5.91 Å². The van der Waals surface area contributed by atoms with E-state index in [1.165, 1.54) is 5.56 Å². The highest BCUT2D eigenvalue weighted by molar-refractivity contribution is 5.75. The average Bonchev–Trinajstić information content (AvgIpc) is 2.41. The third kappa shape index (κ3) is 5.21. The van der Waals surface area contributed by atoms with Crippen molar-refractivity contribution in [3.8, 4) is 5.75 Å². The zero-order chi connectivity index (χ0) is 15.0. The van der Waals surface area contributed by atoms with Crippen LogP contribution in [0.2, 0.25) is 0 Å². The van der Waals surface area contributed by atoms with Gasteiger partial charge in [0.25, 0.3) is 0 Å². The molecule has 4 nitrogen and oxygen atoms in total. The van der Waals surface area contributed by atoms with Crippen LogP contribution in [-0.2, 0) is 4.79 Å². The molecule has 0 aliphatic rings. The van der Waals surface area contributed by atoms with Crippen LogP contribution in [0.4, 0.5) is 0 Å². The van der Waals surface area contributed by atoms with E-state index >= 15 is 0 Å². The molecule has 1 amide bonds. The average molecular weight is 278 g/mol. The van der Waals surface area contributed by atoms with Crippen LogP contribution in [0, 0.1) is 0 Å². The molecular formula is C16H26N2O2. The van der Waals surface area contributed by atoms with Gasteiger partial charge in [0, 0.05) is 13.0 Å². The topological polar surface area (TPSA) is 41.6 Å². The van der Waals surface area contributed by atoms with Gasteiger partial charge >= 0.3 is 0 Å². The molecule has 1 atom stereocenters. The standard InChI is InChI=1S/C16H26N2O2/c1-5-7-16(19)17-12-15(18(3)4)13-8-10-14(11-9-13)20-6-2/h8-11,15H,5-7,12H2,1-4H3,(H,17,19). The summed E-state index contributed by atoms with van der Waals surface area (Å²) in [4.78, 5) is 13.7. The summed E-state index contributed by atoms with van der Waals surface area (Å²) < 4.78 is 5.45. The Kier molecular flexibility index (Phi) is 7.09. The summed E-state index contributed by atoms with van der Waals surface area (Å²) in [5.41, 5.74) is 1.18. The lowest BCUT2D eigenvalue weighted by molar-refractivity contribution is -0.121. The monoisotopic (exact) mass is 278 g/mol. The fraction of sp³-hybridized carbons (Fsp3) is 0.562. The molecule has 0 radical (unpaired) electrons. The Morgan fingerprint density at radius 1 is 1.25 bits per heavy atom. The Bertz CT molecular complexity index is 401. The van der Waals surface area contributed by atoms with Gasteiger partial charge < -0.3 is 15.0 Å². The van der Waals surface area contributed by atoms with Crippen LogP contribution in [0.1, 0.15) is 38.3 Å². The van der Waals surface area contributed by atoms with Crippen molar-refractivity contribution in [3.63, 3.8) is 0 Å². The molecule has 0 aliphatic heterocycles. The number of carbonyl (C=O) groups excluding carboxylic acids is 1. The Labute approximate surface area is 122 Å². The molecule has 1 unspecified atom stereocenters. The first-order valence-corrected chi connectivity index (χ1v) is 7.24. The Hall–Kier alpha value is -1.55. The zero-order valence-corrected chi connectivity index (χ0v) is 13.0. The van der Waals surface area contributed by atoms with Gasteiger partial charge in [-0.25, -0.2) is 0 Å². The molecule has 0 aromatic heterocycles. The molecule has 0 saturated heterocycles. The van der Waals surface area contributed by atoms with E-state index in [0.717, 1.165) is 12.2 Å². The molecule has 0 spiro atoms. The van der Waals surface area contributed by atoms with E-state index < -0.39 is 0 Å². The molecular weight excluding hydrogens is 252 g/mol.